The van der Waals surface area contributed by atoms with E-state index in [1.807, 2.05) is 39.5 Å². The number of aliphatic hydroxyl groups excluding tert-OH is 1. The van der Waals surface area contributed by atoms with Crippen LogP contribution in [-0.4, -0.2) is 276 Å². The van der Waals surface area contributed by atoms with Gasteiger partial charge in [-0.3, -0.25) is 52.6 Å². The van der Waals surface area contributed by atoms with Crippen molar-refractivity contribution in [3.05, 3.63) is 12.3 Å². The normalized spacial score (nSPS) is 21.6. The Morgan fingerprint density at radius 3 is 1.31 bits per heavy atom. The number of allylic oxidation sites excluding steroid dienone is 1. The van der Waals surface area contributed by atoms with Gasteiger partial charge < -0.3 is 82.2 Å². The van der Waals surface area contributed by atoms with Crippen LogP contribution >= 0.6 is 24.3 Å². The number of hydrogen-bond acceptors (Lipinski definition) is 18. The average Bonchev–Trinajstić information content (AvgIpc) is 1.61. The molecule has 0 aromatic heterocycles. The first-order chi connectivity index (χ1) is 65.9. The van der Waals surface area contributed by atoms with Crippen LogP contribution in [0, 0.1) is 62.6 Å². The van der Waals surface area contributed by atoms with Crippen molar-refractivity contribution in [1.82, 2.24) is 56.4 Å². The molecule has 3 unspecified atom stereocenters. The van der Waals surface area contributed by atoms with Gasteiger partial charge in [0, 0.05) is 222 Å². The highest BCUT2D eigenvalue weighted by atomic mass is 35.5. The van der Waals surface area contributed by atoms with E-state index < -0.39 is 47.7 Å². The lowest BCUT2D eigenvalue weighted by Crippen LogP contribution is -2.52. The van der Waals surface area contributed by atoms with E-state index in [2.05, 4.69) is 78.0 Å². The molecule has 2 aliphatic heterocycles. The second kappa shape index (κ2) is 63.3. The van der Waals surface area contributed by atoms with Crippen molar-refractivity contribution in [2.75, 3.05) is 124 Å². The summed E-state index contributed by atoms with van der Waals surface area (Å²) in [5.41, 5.74) is 5.10. The Kier molecular flexibility index (Phi) is 58.6. The van der Waals surface area contributed by atoms with E-state index in [9.17, 15) is 107 Å². The first kappa shape index (κ1) is 132. The van der Waals surface area contributed by atoms with Crippen LogP contribution in [0.1, 0.15) is 343 Å². The van der Waals surface area contributed by atoms with Crippen molar-refractivity contribution in [1.29, 1.82) is 0 Å². The highest BCUT2D eigenvalue weighted by Gasteiger charge is 2.60. The summed E-state index contributed by atoms with van der Waals surface area (Å²) < 4.78 is 142. The van der Waals surface area contributed by atoms with Crippen LogP contribution in [0.25, 0.3) is 0 Å². The molecule has 0 aromatic rings. The molecule has 11 rings (SSSR count). The topological polar surface area (TPSA) is 400 Å². The van der Waals surface area contributed by atoms with Crippen LogP contribution in [0.2, 0.25) is 0 Å². The molecule has 834 valence electrons. The van der Waals surface area contributed by atoms with Gasteiger partial charge in [-0.25, -0.2) is 48.7 Å². The molecule has 11 fully saturated rings. The Hall–Kier alpha value is -6.74. The number of ether oxygens (including phenoxy) is 1. The summed E-state index contributed by atoms with van der Waals surface area (Å²) >= 11 is 3.64. The number of nitrogens with two attached hydrogens (primary N) is 1. The molecule has 2 saturated heterocycles. The number of ketones is 3. The number of unbranched alkanes of at least 4 members (excludes halogenated alkanes) is 2. The Bertz CT molecular complexity index is 3870. The van der Waals surface area contributed by atoms with Crippen LogP contribution in [0.4, 0.5) is 48.7 Å². The summed E-state index contributed by atoms with van der Waals surface area (Å²) in [5.74, 6) is -8.92. The first-order valence-electron chi connectivity index (χ1n) is 52.0. The number of carbonyl (C=O) groups is 12. The zero-order valence-electron chi connectivity index (χ0n) is 87.9. The minimum atomic E-state index is -2.59. The van der Waals surface area contributed by atoms with Gasteiger partial charge in [0.05, 0.1) is 37.3 Å². The van der Waals surface area contributed by atoms with Crippen molar-refractivity contribution >= 4 is 95.0 Å². The zero-order chi connectivity index (χ0) is 106. The third-order valence-electron chi connectivity index (χ3n) is 29.0. The SMILES string of the molecule is C=C(O)C1CC12CCC(F)CC2.CC(=O)CC1CCC(F)(F)CC1.CC(C)(C)CC(=O)N1CCN(C(=O)CN)CC1.CCCCCNC(=O)CNC(=O)C1CC12CCC(F)CC2.CCN(CCNC(=O)CCC(=O)CC1CCC(F)(F)CC1)C(=O)OC(C)(C)C.CCN(CCNC(=O)CNCC1CC12CCC(F)(F)CC2)C(=O)CC(C)(C)C.Cl.O.O=C(CCC(=O)N1CCNCC1)CC1CCC(F)(F)CC1.OCl.[HH].[HH]. The van der Waals surface area contributed by atoms with E-state index in [0.29, 0.717) is 199 Å². The van der Waals surface area contributed by atoms with Crippen molar-refractivity contribution in [2.45, 2.75) is 382 Å². The first-order valence-corrected chi connectivity index (χ1v) is 52.4. The summed E-state index contributed by atoms with van der Waals surface area (Å²) in [6, 6.07) is 0. The second-order valence-corrected chi connectivity index (χ2v) is 44.7. The fourth-order valence-corrected chi connectivity index (χ4v) is 19.9. The summed E-state index contributed by atoms with van der Waals surface area (Å²) in [5, 5.41) is 26.6. The van der Waals surface area contributed by atoms with Crippen molar-refractivity contribution < 1.29 is 124 Å². The van der Waals surface area contributed by atoms with Crippen molar-refractivity contribution in [3.63, 3.8) is 0 Å². The molecule has 3 spiro atoms. The van der Waals surface area contributed by atoms with E-state index >= 15 is 0 Å². The van der Waals surface area contributed by atoms with E-state index in [1.54, 1.807) is 35.5 Å². The fraction of sp³-hybridized carbons (Fsp3) is 0.864. The molecule has 0 radical (unpaired) electrons. The van der Waals surface area contributed by atoms with Gasteiger partial charge in [-0.15, -0.1) is 12.4 Å². The average molecular weight is 2110 g/mol. The molecule has 40 heteroatoms. The number of likely N-dealkylation sites (N-methyl/N-ethyl adjacent to an activating group) is 2. The number of piperazine rings is 2. The predicted octanol–water partition coefficient (Wildman–Crippen LogP) is 17.5. The number of nitrogens with zero attached hydrogens (tertiary/aromatic N) is 5. The maximum Gasteiger partial charge on any atom is 0.410 e. The van der Waals surface area contributed by atoms with Crippen LogP contribution in [0.5, 0.6) is 0 Å². The molecule has 11 aliphatic rings. The van der Waals surface area contributed by atoms with Crippen molar-refractivity contribution in [2.24, 2.45) is 68.3 Å². The van der Waals surface area contributed by atoms with Gasteiger partial charge in [-0.2, -0.15) is 0 Å². The van der Waals surface area contributed by atoms with Crippen LogP contribution < -0.4 is 37.6 Å². The number of nitrogens with one attached hydrogen (secondary N) is 6. The highest BCUT2D eigenvalue weighted by Crippen LogP contribution is 2.65. The van der Waals surface area contributed by atoms with Gasteiger partial charge in [0.2, 0.25) is 70.9 Å². The lowest BCUT2D eigenvalue weighted by atomic mass is 9.82. The number of alkyl halides is 10. The number of hydrogen-bond donors (Lipinski definition) is 9. The molecule has 9 saturated carbocycles. The molecule has 2 heterocycles. The Labute approximate surface area is 858 Å². The lowest BCUT2D eigenvalue weighted by molar-refractivity contribution is -0.140. The molecular formula is C103H182Cl2F10N12O16. The van der Waals surface area contributed by atoms with Gasteiger partial charge >= 0.3 is 6.09 Å². The van der Waals surface area contributed by atoms with Gasteiger partial charge in [0.25, 0.3) is 0 Å². The summed E-state index contributed by atoms with van der Waals surface area (Å²) in [4.78, 5) is 150. The van der Waals surface area contributed by atoms with Gasteiger partial charge in [-0.05, 0) is 227 Å². The number of Topliss-reactive ketones (excluding diaryl/α,β-unsaturated/α-hetero) is 3. The number of amides is 9. The molecule has 0 aromatic carbocycles. The van der Waals surface area contributed by atoms with E-state index in [0.717, 1.165) is 77.3 Å². The molecule has 9 aliphatic carbocycles. The highest BCUT2D eigenvalue weighted by molar-refractivity contribution is 6.05. The minimum Gasteiger partial charge on any atom is -0.513 e. The largest absolute Gasteiger partial charge is 0.513 e. The number of rotatable bonds is 35. The van der Waals surface area contributed by atoms with Crippen LogP contribution in [0.3, 0.4) is 0 Å². The summed E-state index contributed by atoms with van der Waals surface area (Å²) in [7, 11) is 0. The monoisotopic (exact) mass is 2100 g/mol. The fourth-order valence-electron chi connectivity index (χ4n) is 19.9. The molecule has 143 heavy (non-hydrogen) atoms. The molecule has 9 amide bonds. The standard InChI is InChI=1S/C21H37F2N3O2.C20H34F2N2O4.C16H27FN2O2.C15H24F2N2O2.C12H23N3O2.C10H15FO.C9H14F2O.ClHO.ClH.H2O.2H2/c1-5-26(18(28)13-19(2,3)4)11-10-25-17(27)15-24-14-16-12-20(16)6-8-21(22,23)9-7-20;1-5-24(18(27)28-19(2,3)4)13-12-23-17(26)7-6-16(25)14-15-8-10-20(21,22)11-9-15;1-2-3-4-9-18-14(20)11-19-15(21)13-10-16(13)7-5-12(17)6-8-16;16-15(17)5-3-12(4-6-15)11-13(20)1-2-14(21)19-9-7-18-8-10-19;1-12(2,3)8-10(16)14-4-6-15(7-5-14)11(17)9-13;1-7(12)9-6-10(9)4-2-8(11)3-5-10;1-7(12)6-8-2-4-9(10,11)5-3-8;1-2;;;;/h16,24H,5-15H2,1-4H3,(H,25,27);15H,5-14H2,1-4H3,(H,23,26);12-13H,2-11H2,1H3,(H,18,20)(H,19,21);12,18H,1-11H2;4-9,13H2,1-3H3;8-9,12H,1-6H2;8H,2-6H2,1H3;2H;1H;1H2;2*1H. The smallest absolute Gasteiger partial charge is 0.410 e. The van der Waals surface area contributed by atoms with Crippen molar-refractivity contribution in [3.8, 4) is 0 Å². The van der Waals surface area contributed by atoms with Gasteiger partial charge in [0.1, 0.15) is 35.3 Å². The molecule has 3 atom stereocenters. The minimum absolute atomic E-state index is 0. The molecular weight excluding hydrogens is 1920 g/mol. The quantitative estimate of drug-likeness (QED) is 0.0162. The number of halogens is 12. The van der Waals surface area contributed by atoms with Gasteiger partial charge in [-0.1, -0.05) is 67.9 Å². The summed E-state index contributed by atoms with van der Waals surface area (Å²) in [6.07, 6.45) is 16.5. The summed E-state index contributed by atoms with van der Waals surface area (Å²) in [6.45, 7) is 38.4. The molecule has 0 bridgehead atoms. The third-order valence-corrected chi connectivity index (χ3v) is 29.0. The maximum absolute atomic E-state index is 13.3. The van der Waals surface area contributed by atoms with E-state index in [4.69, 9.17) is 15.1 Å². The Morgan fingerprint density at radius 2 is 0.888 bits per heavy atom. The molecule has 12 N–H and O–H groups in total. The van der Waals surface area contributed by atoms with Crippen LogP contribution in [-0.2, 0) is 57.5 Å². The maximum atomic E-state index is 13.3. The van der Waals surface area contributed by atoms with E-state index in [1.165, 1.54) is 11.8 Å². The Morgan fingerprint density at radius 1 is 0.483 bits per heavy atom. The number of carbonyl (C=O) groups excluding carboxylic acids is 12. The molecule has 28 nitrogen and oxygen atoms in total. The number of aliphatic hydroxyl groups is 1. The second-order valence-electron chi connectivity index (χ2n) is 44.7. The predicted molar refractivity (Wildman–Crippen MR) is 540 cm³/mol. The van der Waals surface area contributed by atoms with Crippen LogP contribution in [0.15, 0.2) is 12.3 Å². The third kappa shape index (κ3) is 53.3. The van der Waals surface area contributed by atoms with Gasteiger partial charge in [0.15, 0.2) is 0 Å². The Balaban J connectivity index is 0.00000168. The zero-order valence-corrected chi connectivity index (χ0v) is 89.5. The lowest BCUT2D eigenvalue weighted by Gasteiger charge is -2.35. The van der Waals surface area contributed by atoms with E-state index in [-0.39, 0.29) is 252 Å².